The monoisotopic (exact) mass is 317 g/mol. The van der Waals surface area contributed by atoms with Crippen molar-refractivity contribution >= 4 is 10.0 Å². The van der Waals surface area contributed by atoms with Gasteiger partial charge in [-0.05, 0) is 20.3 Å². The first-order chi connectivity index (χ1) is 9.91. The van der Waals surface area contributed by atoms with Gasteiger partial charge in [0, 0.05) is 13.1 Å². The first kappa shape index (κ1) is 16.4. The van der Waals surface area contributed by atoms with Gasteiger partial charge in [-0.1, -0.05) is 6.92 Å². The third-order valence-electron chi connectivity index (χ3n) is 3.78. The molecule has 0 bridgehead atoms. The number of nitrogens with zero attached hydrogens (tertiary/aromatic N) is 3. The van der Waals surface area contributed by atoms with Crippen LogP contribution in [0.1, 0.15) is 24.7 Å². The van der Waals surface area contributed by atoms with Gasteiger partial charge in [0.15, 0.2) is 0 Å². The van der Waals surface area contributed by atoms with Crippen LogP contribution in [-0.2, 0) is 21.3 Å². The van der Waals surface area contributed by atoms with E-state index >= 15 is 0 Å². The fraction of sp³-hybridized carbons (Fsp3) is 0.769. The molecule has 8 heteroatoms. The molecule has 7 nitrogen and oxygen atoms in total. The molecule has 1 unspecified atom stereocenters. The molecule has 21 heavy (non-hydrogen) atoms. The van der Waals surface area contributed by atoms with Crippen LogP contribution in [0.3, 0.4) is 0 Å². The van der Waals surface area contributed by atoms with Gasteiger partial charge in [0.05, 0.1) is 37.3 Å². The van der Waals surface area contributed by atoms with Crippen molar-refractivity contribution in [3.8, 4) is 0 Å². The van der Waals surface area contributed by atoms with Gasteiger partial charge in [-0.25, -0.2) is 8.42 Å². The van der Waals surface area contributed by atoms with Crippen LogP contribution in [0.15, 0.2) is 4.90 Å². The lowest BCUT2D eigenvalue weighted by Gasteiger charge is -2.31. The maximum Gasteiger partial charge on any atom is 0.246 e. The smallest absolute Gasteiger partial charge is 0.246 e. The first-order valence-corrected chi connectivity index (χ1v) is 8.62. The molecular weight excluding hydrogens is 294 g/mol. The minimum atomic E-state index is -3.58. The normalized spacial score (nSPS) is 20.9. The third kappa shape index (κ3) is 3.13. The molecule has 1 aromatic heterocycles. The minimum Gasteiger partial charge on any atom is -0.394 e. The maximum absolute atomic E-state index is 12.9. The van der Waals surface area contributed by atoms with E-state index in [1.807, 2.05) is 6.92 Å². The summed E-state index contributed by atoms with van der Waals surface area (Å²) < 4.78 is 34.3. The van der Waals surface area contributed by atoms with Crippen LogP contribution in [0.4, 0.5) is 0 Å². The molecule has 0 aliphatic carbocycles. The zero-order valence-electron chi connectivity index (χ0n) is 12.7. The number of hydrogen-bond donors (Lipinski definition) is 1. The molecule has 2 rings (SSSR count). The van der Waals surface area contributed by atoms with E-state index in [-0.39, 0.29) is 17.6 Å². The second kappa shape index (κ2) is 6.43. The van der Waals surface area contributed by atoms with E-state index < -0.39 is 10.0 Å². The molecule has 0 radical (unpaired) electrons. The zero-order chi connectivity index (χ0) is 15.6. The molecule has 0 amide bonds. The Morgan fingerprint density at radius 2 is 2.14 bits per heavy atom. The average Bonchev–Trinajstić information content (AvgIpc) is 2.74. The van der Waals surface area contributed by atoms with Crippen molar-refractivity contribution in [1.82, 2.24) is 14.1 Å². The fourth-order valence-corrected chi connectivity index (χ4v) is 4.48. The van der Waals surface area contributed by atoms with E-state index in [1.54, 1.807) is 18.5 Å². The molecular formula is C13H23N3O4S. The highest BCUT2D eigenvalue weighted by Crippen LogP contribution is 2.25. The summed E-state index contributed by atoms with van der Waals surface area (Å²) in [6.07, 6.45) is 0.731. The molecule has 1 aromatic rings. The summed E-state index contributed by atoms with van der Waals surface area (Å²) in [7, 11) is -3.58. The Kier molecular flexibility index (Phi) is 5.03. The number of aryl methyl sites for hydroxylation is 1. The summed E-state index contributed by atoms with van der Waals surface area (Å²) in [6, 6.07) is 0. The SMILES string of the molecule is CCC1CN(S(=O)(=O)c2c(C)nn(CCO)c2C)CCO1. The largest absolute Gasteiger partial charge is 0.394 e. The fourth-order valence-electron chi connectivity index (χ4n) is 2.65. The van der Waals surface area contributed by atoms with Crippen molar-refractivity contribution in [2.24, 2.45) is 0 Å². The number of aliphatic hydroxyl groups is 1. The number of aromatic nitrogens is 2. The molecule has 0 spiro atoms. The second-order valence-electron chi connectivity index (χ2n) is 5.21. The van der Waals surface area contributed by atoms with E-state index in [1.165, 1.54) is 4.31 Å². The van der Waals surface area contributed by atoms with Gasteiger partial charge in [0.1, 0.15) is 4.90 Å². The first-order valence-electron chi connectivity index (χ1n) is 7.18. The van der Waals surface area contributed by atoms with Crippen LogP contribution in [-0.4, -0.2) is 60.0 Å². The van der Waals surface area contributed by atoms with Gasteiger partial charge >= 0.3 is 0 Å². The van der Waals surface area contributed by atoms with Crippen molar-refractivity contribution in [3.63, 3.8) is 0 Å². The van der Waals surface area contributed by atoms with Crippen LogP contribution in [0.2, 0.25) is 0 Å². The van der Waals surface area contributed by atoms with Crippen molar-refractivity contribution < 1.29 is 18.3 Å². The summed E-state index contributed by atoms with van der Waals surface area (Å²) >= 11 is 0. The number of hydrogen-bond acceptors (Lipinski definition) is 5. The van der Waals surface area contributed by atoms with Crippen molar-refractivity contribution in [2.45, 2.75) is 44.7 Å². The summed E-state index contributed by atoms with van der Waals surface area (Å²) in [5.41, 5.74) is 1.04. The molecule has 0 aromatic carbocycles. The maximum atomic E-state index is 12.9. The molecule has 1 fully saturated rings. The van der Waals surface area contributed by atoms with Crippen LogP contribution >= 0.6 is 0 Å². The van der Waals surface area contributed by atoms with Gasteiger partial charge in [-0.2, -0.15) is 9.40 Å². The van der Waals surface area contributed by atoms with E-state index in [0.717, 1.165) is 6.42 Å². The van der Waals surface area contributed by atoms with Crippen molar-refractivity contribution in [3.05, 3.63) is 11.4 Å². The zero-order valence-corrected chi connectivity index (χ0v) is 13.6. The van der Waals surface area contributed by atoms with Crippen LogP contribution in [0.25, 0.3) is 0 Å². The van der Waals surface area contributed by atoms with Gasteiger partial charge in [0.2, 0.25) is 10.0 Å². The third-order valence-corrected chi connectivity index (χ3v) is 5.90. The predicted molar refractivity (Wildman–Crippen MR) is 77.6 cm³/mol. The molecule has 1 aliphatic heterocycles. The number of sulfonamides is 1. The topological polar surface area (TPSA) is 84.7 Å². The standard InChI is InChI=1S/C13H23N3O4S/c1-4-12-9-15(6-8-20-12)21(18,19)13-10(2)14-16(5-7-17)11(13)3/h12,17H,4-9H2,1-3H3. The Bertz CT molecular complexity index is 597. The minimum absolute atomic E-state index is 0.0541. The van der Waals surface area contributed by atoms with Gasteiger partial charge in [-0.15, -0.1) is 0 Å². The quantitative estimate of drug-likeness (QED) is 0.844. The summed E-state index contributed by atoms with van der Waals surface area (Å²) in [5, 5.41) is 13.2. The lowest BCUT2D eigenvalue weighted by molar-refractivity contribution is -0.00280. The Balaban J connectivity index is 2.35. The van der Waals surface area contributed by atoms with Crippen molar-refractivity contribution in [2.75, 3.05) is 26.3 Å². The Hall–Kier alpha value is -0.960. The van der Waals surface area contributed by atoms with E-state index in [0.29, 0.717) is 37.6 Å². The molecule has 1 atom stereocenters. The van der Waals surface area contributed by atoms with E-state index in [2.05, 4.69) is 5.10 Å². The van der Waals surface area contributed by atoms with Gasteiger partial charge in [0.25, 0.3) is 0 Å². The highest BCUT2D eigenvalue weighted by atomic mass is 32.2. The second-order valence-corrected chi connectivity index (χ2v) is 7.09. The average molecular weight is 317 g/mol. The van der Waals surface area contributed by atoms with Crippen molar-refractivity contribution in [1.29, 1.82) is 0 Å². The Morgan fingerprint density at radius 3 is 2.76 bits per heavy atom. The number of morpholine rings is 1. The predicted octanol–water partition coefficient (Wildman–Crippen LogP) is 0.292. The van der Waals surface area contributed by atoms with Crippen LogP contribution < -0.4 is 0 Å². The summed E-state index contributed by atoms with van der Waals surface area (Å²) in [5.74, 6) is 0. The summed E-state index contributed by atoms with van der Waals surface area (Å²) in [4.78, 5) is 0.257. The molecule has 1 aliphatic rings. The molecule has 2 heterocycles. The highest BCUT2D eigenvalue weighted by molar-refractivity contribution is 7.89. The highest BCUT2D eigenvalue weighted by Gasteiger charge is 2.34. The molecule has 1 saturated heterocycles. The molecule has 1 N–H and O–H groups in total. The van der Waals surface area contributed by atoms with E-state index in [9.17, 15) is 8.42 Å². The number of rotatable bonds is 5. The summed E-state index contributed by atoms with van der Waals surface area (Å²) in [6.45, 7) is 6.77. The molecule has 0 saturated carbocycles. The molecule has 120 valence electrons. The van der Waals surface area contributed by atoms with Crippen LogP contribution in [0, 0.1) is 13.8 Å². The Morgan fingerprint density at radius 1 is 1.43 bits per heavy atom. The van der Waals surface area contributed by atoms with Crippen LogP contribution in [0.5, 0.6) is 0 Å². The number of ether oxygens (including phenoxy) is 1. The van der Waals surface area contributed by atoms with Gasteiger partial charge < -0.3 is 9.84 Å². The number of aliphatic hydroxyl groups excluding tert-OH is 1. The van der Waals surface area contributed by atoms with E-state index in [4.69, 9.17) is 9.84 Å². The lowest BCUT2D eigenvalue weighted by Crippen LogP contribution is -2.45. The Labute approximate surface area is 125 Å². The van der Waals surface area contributed by atoms with Gasteiger partial charge in [-0.3, -0.25) is 4.68 Å². The lowest BCUT2D eigenvalue weighted by atomic mass is 10.2.